The van der Waals surface area contributed by atoms with Gasteiger partial charge in [-0.1, -0.05) is 33.1 Å². The molecule has 1 aliphatic heterocycles. The minimum Gasteiger partial charge on any atom is -0.387 e. The molecule has 0 bridgehead atoms. The lowest BCUT2D eigenvalue weighted by atomic mass is 9.85. The Morgan fingerprint density at radius 1 is 1.21 bits per heavy atom. The van der Waals surface area contributed by atoms with E-state index in [1.54, 1.807) is 7.05 Å². The molecule has 1 heterocycles. The molecule has 0 aromatic carbocycles. The third kappa shape index (κ3) is 2.82. The maximum absolute atomic E-state index is 12.5. The van der Waals surface area contributed by atoms with Crippen LogP contribution in [0.3, 0.4) is 0 Å². The van der Waals surface area contributed by atoms with Crippen LogP contribution in [-0.2, 0) is 10.2 Å². The van der Waals surface area contributed by atoms with Gasteiger partial charge in [0.1, 0.15) is 0 Å². The molecule has 1 saturated heterocycles. The molecule has 0 radical (unpaired) electrons. The summed E-state index contributed by atoms with van der Waals surface area (Å²) in [5.74, 6) is 0.0823. The molecule has 112 valence electrons. The van der Waals surface area contributed by atoms with Crippen LogP contribution in [0.5, 0.6) is 0 Å². The first-order valence-corrected chi connectivity index (χ1v) is 8.62. The Balaban J connectivity index is 1.99. The quantitative estimate of drug-likeness (QED) is 0.846. The van der Waals surface area contributed by atoms with Crippen LogP contribution in [0.1, 0.15) is 46.0 Å². The summed E-state index contributed by atoms with van der Waals surface area (Å²) in [7, 11) is -1.72. The number of rotatable bonds is 4. The van der Waals surface area contributed by atoms with Crippen molar-refractivity contribution in [1.82, 2.24) is 8.61 Å². The first kappa shape index (κ1) is 15.2. The third-order valence-electron chi connectivity index (χ3n) is 4.75. The number of hydrogen-bond donors (Lipinski definition) is 1. The van der Waals surface area contributed by atoms with E-state index in [4.69, 9.17) is 0 Å². The molecule has 0 aromatic heterocycles. The van der Waals surface area contributed by atoms with E-state index >= 15 is 0 Å². The van der Waals surface area contributed by atoms with Crippen molar-refractivity contribution in [3.8, 4) is 0 Å². The van der Waals surface area contributed by atoms with Crippen molar-refractivity contribution < 1.29 is 13.5 Å². The fourth-order valence-electron chi connectivity index (χ4n) is 2.91. The molecule has 1 aliphatic carbocycles. The molecule has 0 spiro atoms. The lowest BCUT2D eigenvalue weighted by Gasteiger charge is -2.49. The summed E-state index contributed by atoms with van der Waals surface area (Å²) in [4.78, 5) is 0. The number of β-amino-alcohol motifs (C(OH)–C–C–N with tert-alkyl or cyclic N) is 1. The highest BCUT2D eigenvalue weighted by atomic mass is 32.2. The van der Waals surface area contributed by atoms with Gasteiger partial charge in [-0.15, -0.1) is 0 Å². The van der Waals surface area contributed by atoms with Crippen LogP contribution < -0.4 is 0 Å². The zero-order valence-corrected chi connectivity index (χ0v) is 13.0. The molecule has 0 aromatic rings. The van der Waals surface area contributed by atoms with Crippen LogP contribution in [0.4, 0.5) is 0 Å². The van der Waals surface area contributed by atoms with Gasteiger partial charge < -0.3 is 5.11 Å². The summed E-state index contributed by atoms with van der Waals surface area (Å²) in [6.45, 7) is 4.30. The predicted octanol–water partition coefficient (Wildman–Crippen LogP) is 1.20. The zero-order valence-electron chi connectivity index (χ0n) is 12.2. The normalized spacial score (nSPS) is 25.8. The van der Waals surface area contributed by atoms with E-state index in [0.717, 1.165) is 25.7 Å². The van der Waals surface area contributed by atoms with Gasteiger partial charge in [-0.05, 0) is 18.8 Å². The van der Waals surface area contributed by atoms with Gasteiger partial charge in [0.2, 0.25) is 0 Å². The first-order chi connectivity index (χ1) is 8.77. The van der Waals surface area contributed by atoms with Crippen molar-refractivity contribution in [2.45, 2.75) is 57.6 Å². The third-order valence-corrected chi connectivity index (χ3v) is 6.69. The Morgan fingerprint density at radius 2 is 1.74 bits per heavy atom. The molecule has 2 rings (SSSR count). The second-order valence-electron chi connectivity index (χ2n) is 6.34. The van der Waals surface area contributed by atoms with Gasteiger partial charge in [0, 0.05) is 26.2 Å². The molecule has 0 unspecified atom stereocenters. The number of hydrogen-bond acceptors (Lipinski definition) is 3. The van der Waals surface area contributed by atoms with Gasteiger partial charge in [0.05, 0.1) is 5.60 Å². The van der Waals surface area contributed by atoms with Crippen molar-refractivity contribution in [2.75, 3.05) is 20.1 Å². The van der Waals surface area contributed by atoms with Crippen LogP contribution in [0.25, 0.3) is 0 Å². The van der Waals surface area contributed by atoms with Gasteiger partial charge in [-0.2, -0.15) is 17.0 Å². The Kier molecular flexibility index (Phi) is 4.26. The van der Waals surface area contributed by atoms with Gasteiger partial charge in [-0.3, -0.25) is 0 Å². The van der Waals surface area contributed by atoms with Crippen molar-refractivity contribution in [3.63, 3.8) is 0 Å². The topological polar surface area (TPSA) is 60.9 Å². The highest BCUT2D eigenvalue weighted by Crippen LogP contribution is 2.33. The molecule has 6 heteroatoms. The fourth-order valence-corrected chi connectivity index (χ4v) is 4.63. The molecule has 1 N–H and O–H groups in total. The molecule has 0 amide bonds. The van der Waals surface area contributed by atoms with Crippen LogP contribution >= 0.6 is 0 Å². The first-order valence-electron chi connectivity index (χ1n) is 7.23. The van der Waals surface area contributed by atoms with Crippen LogP contribution in [-0.4, -0.2) is 53.9 Å². The van der Waals surface area contributed by atoms with Crippen LogP contribution in [0.2, 0.25) is 0 Å². The van der Waals surface area contributed by atoms with Gasteiger partial charge in [0.15, 0.2) is 0 Å². The fraction of sp³-hybridized carbons (Fsp3) is 1.00. The zero-order chi connectivity index (χ0) is 14.3. The molecular weight excluding hydrogens is 264 g/mol. The van der Waals surface area contributed by atoms with Crippen LogP contribution in [0.15, 0.2) is 0 Å². The summed E-state index contributed by atoms with van der Waals surface area (Å²) < 4.78 is 27.9. The van der Waals surface area contributed by atoms with E-state index in [2.05, 4.69) is 0 Å². The molecule has 1 saturated carbocycles. The summed E-state index contributed by atoms with van der Waals surface area (Å²) in [5.41, 5.74) is -0.847. The van der Waals surface area contributed by atoms with Gasteiger partial charge in [0.25, 0.3) is 10.2 Å². The maximum atomic E-state index is 12.5. The van der Waals surface area contributed by atoms with E-state index in [1.165, 1.54) is 15.0 Å². The number of nitrogens with zero attached hydrogens (tertiary/aromatic N) is 2. The Morgan fingerprint density at radius 3 is 2.21 bits per heavy atom. The number of aliphatic hydroxyl groups is 1. The molecule has 19 heavy (non-hydrogen) atoms. The minimum absolute atomic E-state index is 0.0823. The van der Waals surface area contributed by atoms with Crippen molar-refractivity contribution >= 4 is 10.2 Å². The van der Waals surface area contributed by atoms with Crippen molar-refractivity contribution in [1.29, 1.82) is 0 Å². The largest absolute Gasteiger partial charge is 0.387 e. The molecule has 0 atom stereocenters. The SMILES string of the molecule is CC(C)C1(O)CN(S(=O)(=O)N(C)C2CCCCC2)C1. The average molecular weight is 290 g/mol. The molecule has 5 nitrogen and oxygen atoms in total. The lowest BCUT2D eigenvalue weighted by molar-refractivity contribution is -0.0952. The highest BCUT2D eigenvalue weighted by Gasteiger charge is 2.50. The summed E-state index contributed by atoms with van der Waals surface area (Å²) in [6, 6.07) is 0.131. The predicted molar refractivity (Wildman–Crippen MR) is 74.9 cm³/mol. The Labute approximate surface area is 116 Å². The van der Waals surface area contributed by atoms with Crippen molar-refractivity contribution in [2.24, 2.45) is 5.92 Å². The van der Waals surface area contributed by atoms with E-state index in [9.17, 15) is 13.5 Å². The standard InChI is InChI=1S/C13H26N2O3S/c1-11(2)13(16)9-15(10-13)19(17,18)14(3)12-7-5-4-6-8-12/h11-12,16H,4-10H2,1-3H3. The second kappa shape index (κ2) is 5.31. The monoisotopic (exact) mass is 290 g/mol. The van der Waals surface area contributed by atoms with Gasteiger partial charge >= 0.3 is 0 Å². The second-order valence-corrected chi connectivity index (χ2v) is 8.33. The lowest BCUT2D eigenvalue weighted by Crippen LogP contribution is -2.68. The van der Waals surface area contributed by atoms with Gasteiger partial charge in [-0.25, -0.2) is 0 Å². The summed E-state index contributed by atoms with van der Waals surface area (Å²) >= 11 is 0. The Bertz CT molecular complexity index is 410. The summed E-state index contributed by atoms with van der Waals surface area (Å²) in [5, 5.41) is 10.2. The average Bonchev–Trinajstić information content (AvgIpc) is 2.34. The van der Waals surface area contributed by atoms with E-state index in [1.807, 2.05) is 13.8 Å². The van der Waals surface area contributed by atoms with E-state index < -0.39 is 15.8 Å². The molecule has 2 fully saturated rings. The van der Waals surface area contributed by atoms with Crippen LogP contribution in [0, 0.1) is 5.92 Å². The Hall–Kier alpha value is -0.170. The maximum Gasteiger partial charge on any atom is 0.282 e. The minimum atomic E-state index is -3.40. The molecular formula is C13H26N2O3S. The van der Waals surface area contributed by atoms with E-state index in [0.29, 0.717) is 0 Å². The van der Waals surface area contributed by atoms with Crippen molar-refractivity contribution in [3.05, 3.63) is 0 Å². The molecule has 2 aliphatic rings. The summed E-state index contributed by atoms with van der Waals surface area (Å²) in [6.07, 6.45) is 5.35. The van der Waals surface area contributed by atoms with E-state index in [-0.39, 0.29) is 25.0 Å². The smallest absolute Gasteiger partial charge is 0.282 e. The highest BCUT2D eigenvalue weighted by molar-refractivity contribution is 7.86.